The molecule has 0 saturated heterocycles. The molecule has 0 bridgehead atoms. The molecule has 1 heterocycles. The van der Waals surface area contributed by atoms with Gasteiger partial charge in [0.25, 0.3) is 0 Å². The number of nitrogens with one attached hydrogen (secondary N) is 1. The van der Waals surface area contributed by atoms with Crippen molar-refractivity contribution in [1.29, 1.82) is 0 Å². The first kappa shape index (κ1) is 20.0. The Morgan fingerprint density at radius 3 is 2.67 bits per heavy atom. The molecule has 30 heavy (non-hydrogen) atoms. The van der Waals surface area contributed by atoms with E-state index in [-0.39, 0.29) is 6.04 Å². The lowest BCUT2D eigenvalue weighted by Gasteiger charge is -2.16. The quantitative estimate of drug-likeness (QED) is 0.468. The van der Waals surface area contributed by atoms with Gasteiger partial charge in [-0.15, -0.1) is 0 Å². The van der Waals surface area contributed by atoms with Crippen molar-refractivity contribution in [3.05, 3.63) is 78.1 Å². The van der Waals surface area contributed by atoms with Gasteiger partial charge in [0.1, 0.15) is 11.5 Å². The van der Waals surface area contributed by atoms with Crippen molar-refractivity contribution in [1.82, 2.24) is 14.9 Å². The van der Waals surface area contributed by atoms with E-state index < -0.39 is 0 Å². The standard InChI is InChI=1S/C25H27N3O2/c1-17(19-6-5-7-21(13-19)29-3)26-15-18-8-11-25(30-4)22(12-18)20-9-10-24-23(14-20)27-16-28(24)2/h5-14,16-17,26H,15H2,1-4H3/t17-/m1/s1. The summed E-state index contributed by atoms with van der Waals surface area (Å²) in [5.41, 5.74) is 6.65. The zero-order chi connectivity index (χ0) is 21.1. The molecule has 0 aliphatic heterocycles. The van der Waals surface area contributed by atoms with Crippen LogP contribution in [0, 0.1) is 0 Å². The maximum Gasteiger partial charge on any atom is 0.126 e. The summed E-state index contributed by atoms with van der Waals surface area (Å²) in [5.74, 6) is 1.73. The number of benzene rings is 3. The SMILES string of the molecule is COc1cccc([C@@H](C)NCc2ccc(OC)c(-c3ccc4c(c3)ncn4C)c2)c1. The van der Waals surface area contributed by atoms with Crippen LogP contribution in [-0.4, -0.2) is 23.8 Å². The summed E-state index contributed by atoms with van der Waals surface area (Å²) in [6.07, 6.45) is 1.84. The molecule has 154 valence electrons. The molecule has 0 fully saturated rings. The highest BCUT2D eigenvalue weighted by Gasteiger charge is 2.11. The maximum atomic E-state index is 5.63. The summed E-state index contributed by atoms with van der Waals surface area (Å²) in [7, 11) is 5.41. The fourth-order valence-corrected chi connectivity index (χ4v) is 3.69. The van der Waals surface area contributed by atoms with E-state index in [0.29, 0.717) is 0 Å². The van der Waals surface area contributed by atoms with Gasteiger partial charge in [0.15, 0.2) is 0 Å². The zero-order valence-corrected chi connectivity index (χ0v) is 17.8. The van der Waals surface area contributed by atoms with Gasteiger partial charge in [-0.25, -0.2) is 4.98 Å². The van der Waals surface area contributed by atoms with Gasteiger partial charge >= 0.3 is 0 Å². The highest BCUT2D eigenvalue weighted by molar-refractivity contribution is 5.84. The largest absolute Gasteiger partial charge is 0.497 e. The van der Waals surface area contributed by atoms with E-state index in [1.807, 2.05) is 36.1 Å². The van der Waals surface area contributed by atoms with Crippen LogP contribution >= 0.6 is 0 Å². The summed E-state index contributed by atoms with van der Waals surface area (Å²) in [6, 6.07) is 21.0. The smallest absolute Gasteiger partial charge is 0.126 e. The number of hydrogen-bond acceptors (Lipinski definition) is 4. The number of fused-ring (bicyclic) bond motifs is 1. The van der Waals surface area contributed by atoms with Crippen LogP contribution in [0.2, 0.25) is 0 Å². The van der Waals surface area contributed by atoms with E-state index in [2.05, 4.69) is 59.7 Å². The van der Waals surface area contributed by atoms with Crippen molar-refractivity contribution in [2.75, 3.05) is 14.2 Å². The normalized spacial score (nSPS) is 12.1. The molecule has 1 N–H and O–H groups in total. The summed E-state index contributed by atoms with van der Waals surface area (Å²) >= 11 is 0. The second kappa shape index (κ2) is 8.59. The van der Waals surface area contributed by atoms with E-state index in [0.717, 1.165) is 40.2 Å². The van der Waals surface area contributed by atoms with Crippen molar-refractivity contribution in [2.24, 2.45) is 7.05 Å². The number of aromatic nitrogens is 2. The second-order valence-electron chi connectivity index (χ2n) is 7.47. The lowest BCUT2D eigenvalue weighted by atomic mass is 10.0. The molecule has 0 amide bonds. The molecule has 5 nitrogen and oxygen atoms in total. The Morgan fingerprint density at radius 2 is 1.87 bits per heavy atom. The highest BCUT2D eigenvalue weighted by Crippen LogP contribution is 2.33. The van der Waals surface area contributed by atoms with Crippen molar-refractivity contribution in [2.45, 2.75) is 19.5 Å². The van der Waals surface area contributed by atoms with E-state index in [9.17, 15) is 0 Å². The molecule has 1 aromatic heterocycles. The van der Waals surface area contributed by atoms with Crippen molar-refractivity contribution < 1.29 is 9.47 Å². The Hall–Kier alpha value is -3.31. The number of rotatable bonds is 7. The van der Waals surface area contributed by atoms with Crippen molar-refractivity contribution in [3.63, 3.8) is 0 Å². The monoisotopic (exact) mass is 401 g/mol. The van der Waals surface area contributed by atoms with Crippen LogP contribution in [0.3, 0.4) is 0 Å². The highest BCUT2D eigenvalue weighted by atomic mass is 16.5. The number of hydrogen-bond donors (Lipinski definition) is 1. The van der Waals surface area contributed by atoms with Crippen LogP contribution in [0.25, 0.3) is 22.2 Å². The summed E-state index contributed by atoms with van der Waals surface area (Å²) in [4.78, 5) is 4.49. The minimum atomic E-state index is 0.204. The average molecular weight is 402 g/mol. The molecular formula is C25H27N3O2. The molecule has 0 radical (unpaired) electrons. The van der Waals surface area contributed by atoms with Gasteiger partial charge in [0.05, 0.1) is 31.6 Å². The van der Waals surface area contributed by atoms with E-state index >= 15 is 0 Å². The molecule has 5 heteroatoms. The van der Waals surface area contributed by atoms with Crippen molar-refractivity contribution in [3.8, 4) is 22.6 Å². The third-order valence-corrected chi connectivity index (χ3v) is 5.51. The Kier molecular flexibility index (Phi) is 5.72. The zero-order valence-electron chi connectivity index (χ0n) is 17.8. The first-order valence-corrected chi connectivity index (χ1v) is 10.0. The molecule has 3 aromatic carbocycles. The Morgan fingerprint density at radius 1 is 1.00 bits per heavy atom. The molecular weight excluding hydrogens is 374 g/mol. The van der Waals surface area contributed by atoms with Gasteiger partial charge < -0.3 is 19.4 Å². The van der Waals surface area contributed by atoms with Gasteiger partial charge in [-0.1, -0.05) is 24.3 Å². The Bertz CT molecular complexity index is 1170. The van der Waals surface area contributed by atoms with Gasteiger partial charge in [-0.05, 0) is 60.0 Å². The fraction of sp³-hybridized carbons (Fsp3) is 0.240. The Labute approximate surface area is 177 Å². The number of imidazole rings is 1. The van der Waals surface area contributed by atoms with Crippen LogP contribution in [0.5, 0.6) is 11.5 Å². The van der Waals surface area contributed by atoms with Crippen LogP contribution < -0.4 is 14.8 Å². The molecule has 0 aliphatic carbocycles. The first-order valence-electron chi connectivity index (χ1n) is 10.0. The number of nitrogens with zero attached hydrogens (tertiary/aromatic N) is 2. The molecule has 4 rings (SSSR count). The molecule has 0 spiro atoms. The summed E-state index contributed by atoms with van der Waals surface area (Å²) < 4.78 is 13.0. The fourth-order valence-electron chi connectivity index (χ4n) is 3.69. The number of ether oxygens (including phenoxy) is 2. The molecule has 0 saturated carbocycles. The van der Waals surface area contributed by atoms with E-state index in [4.69, 9.17) is 9.47 Å². The van der Waals surface area contributed by atoms with Gasteiger partial charge in [0.2, 0.25) is 0 Å². The second-order valence-corrected chi connectivity index (χ2v) is 7.47. The topological polar surface area (TPSA) is 48.3 Å². The number of aryl methyl sites for hydroxylation is 1. The van der Waals surface area contributed by atoms with Crippen LogP contribution in [0.4, 0.5) is 0 Å². The van der Waals surface area contributed by atoms with Gasteiger partial charge in [-0.3, -0.25) is 0 Å². The summed E-state index contributed by atoms with van der Waals surface area (Å²) in [6.45, 7) is 2.91. The molecule has 0 unspecified atom stereocenters. The minimum absolute atomic E-state index is 0.204. The minimum Gasteiger partial charge on any atom is -0.497 e. The predicted molar refractivity (Wildman–Crippen MR) is 121 cm³/mol. The first-order chi connectivity index (χ1) is 14.6. The average Bonchev–Trinajstić information content (AvgIpc) is 3.17. The van der Waals surface area contributed by atoms with Crippen LogP contribution in [0.15, 0.2) is 67.0 Å². The maximum absolute atomic E-state index is 5.63. The summed E-state index contributed by atoms with van der Waals surface area (Å²) in [5, 5.41) is 3.60. The van der Waals surface area contributed by atoms with E-state index in [1.54, 1.807) is 14.2 Å². The van der Waals surface area contributed by atoms with Gasteiger partial charge in [0, 0.05) is 25.2 Å². The van der Waals surface area contributed by atoms with E-state index in [1.165, 1.54) is 11.1 Å². The van der Waals surface area contributed by atoms with Crippen LogP contribution in [-0.2, 0) is 13.6 Å². The molecule has 4 aromatic rings. The lowest BCUT2D eigenvalue weighted by molar-refractivity contribution is 0.413. The number of methoxy groups -OCH3 is 2. The lowest BCUT2D eigenvalue weighted by Crippen LogP contribution is -2.18. The molecule has 1 atom stereocenters. The third kappa shape index (κ3) is 4.02. The Balaban J connectivity index is 1.57. The third-order valence-electron chi connectivity index (χ3n) is 5.51. The predicted octanol–water partition coefficient (Wildman–Crippen LogP) is 5.11. The van der Waals surface area contributed by atoms with Gasteiger partial charge in [-0.2, -0.15) is 0 Å². The van der Waals surface area contributed by atoms with Crippen LogP contribution in [0.1, 0.15) is 24.1 Å². The van der Waals surface area contributed by atoms with Crippen molar-refractivity contribution >= 4 is 11.0 Å². The molecule has 0 aliphatic rings.